The molecule has 0 fully saturated rings. The minimum absolute atomic E-state index is 0.106. The fourth-order valence-electron chi connectivity index (χ4n) is 2.59. The molecular weight excluding hydrogens is 364 g/mol. The second-order valence-electron chi connectivity index (χ2n) is 5.71. The molecule has 0 unspecified atom stereocenters. The molecule has 7 heteroatoms. The summed E-state index contributed by atoms with van der Waals surface area (Å²) in [7, 11) is 0. The van der Waals surface area contributed by atoms with E-state index in [1.807, 2.05) is 44.2 Å². The third kappa shape index (κ3) is 5.40. The lowest BCUT2D eigenvalue weighted by Gasteiger charge is -2.18. The van der Waals surface area contributed by atoms with Crippen LogP contribution < -0.4 is 14.8 Å². The first-order valence-corrected chi connectivity index (χ1v) is 9.74. The van der Waals surface area contributed by atoms with Crippen molar-refractivity contribution in [3.8, 4) is 0 Å². The number of ether oxygens (including phenoxy) is 1. The van der Waals surface area contributed by atoms with Crippen molar-refractivity contribution < 1.29 is 14.3 Å². The highest BCUT2D eigenvalue weighted by atomic mass is 32.1. The lowest BCUT2D eigenvalue weighted by molar-refractivity contribution is -0.135. The number of rotatable bonds is 7. The van der Waals surface area contributed by atoms with E-state index in [1.54, 1.807) is 17.9 Å². The number of benzene rings is 1. The van der Waals surface area contributed by atoms with E-state index in [0.29, 0.717) is 22.3 Å². The molecule has 0 aliphatic heterocycles. The van der Waals surface area contributed by atoms with Crippen molar-refractivity contribution in [3.05, 3.63) is 55.4 Å². The van der Waals surface area contributed by atoms with Gasteiger partial charge in [0.25, 0.3) is 5.56 Å². The topological polar surface area (TPSA) is 68.6 Å². The van der Waals surface area contributed by atoms with E-state index in [9.17, 15) is 14.4 Å². The summed E-state index contributed by atoms with van der Waals surface area (Å²) < 4.78 is 7.16. The van der Waals surface area contributed by atoms with E-state index in [4.69, 9.17) is 4.74 Å². The Morgan fingerprint density at radius 1 is 1.15 bits per heavy atom. The summed E-state index contributed by atoms with van der Waals surface area (Å²) in [6.07, 6.45) is 3.03. The lowest BCUT2D eigenvalue weighted by atomic mass is 10.2. The van der Waals surface area contributed by atoms with Crippen molar-refractivity contribution in [3.63, 3.8) is 0 Å². The second-order valence-corrected chi connectivity index (χ2v) is 6.78. The van der Waals surface area contributed by atoms with Gasteiger partial charge < -0.3 is 9.64 Å². The van der Waals surface area contributed by atoms with E-state index < -0.39 is 5.97 Å². The number of hydrogen-bond acceptors (Lipinski definition) is 5. The number of likely N-dealkylation sites (N-methyl/N-ethyl adjacent to an activating group) is 1. The monoisotopic (exact) mass is 388 g/mol. The van der Waals surface area contributed by atoms with Gasteiger partial charge in [0.2, 0.25) is 5.91 Å². The molecule has 0 spiro atoms. The average molecular weight is 388 g/mol. The van der Waals surface area contributed by atoms with Crippen LogP contribution in [-0.2, 0) is 20.9 Å². The number of esters is 1. The van der Waals surface area contributed by atoms with Crippen LogP contribution in [0.5, 0.6) is 0 Å². The lowest BCUT2D eigenvalue weighted by Crippen LogP contribution is -2.40. The molecule has 0 saturated heterocycles. The molecule has 1 amide bonds. The Bertz CT molecular complexity index is 956. The second kappa shape index (κ2) is 9.87. The number of hydrogen-bond donors (Lipinski definition) is 0. The number of carbonyl (C=O) groups excluding carboxylic acids is 2. The average Bonchev–Trinajstić information content (AvgIpc) is 2.92. The minimum atomic E-state index is -0.533. The summed E-state index contributed by atoms with van der Waals surface area (Å²) in [6.45, 7) is 6.75. The van der Waals surface area contributed by atoms with Crippen molar-refractivity contribution in [2.75, 3.05) is 19.7 Å². The van der Waals surface area contributed by atoms with Crippen LogP contribution >= 0.6 is 11.3 Å². The SMILES string of the molecule is CCOC(=O)/C=c1\s/c(=C\c2ccccc2)c(=O)n1CC(=O)N(CC)CC. The molecular formula is C20H24N2O4S. The predicted octanol–water partition coefficient (Wildman–Crippen LogP) is 0.951. The maximum Gasteiger partial charge on any atom is 0.333 e. The Hall–Kier alpha value is -2.67. The number of thiazole rings is 1. The Kier molecular flexibility index (Phi) is 7.55. The maximum absolute atomic E-state index is 12.9. The van der Waals surface area contributed by atoms with Crippen LogP contribution in [0.2, 0.25) is 0 Å². The van der Waals surface area contributed by atoms with Gasteiger partial charge in [-0.15, -0.1) is 11.3 Å². The number of carbonyl (C=O) groups is 2. The highest BCUT2D eigenvalue weighted by Crippen LogP contribution is 1.98. The largest absolute Gasteiger partial charge is 0.463 e. The van der Waals surface area contributed by atoms with Crippen molar-refractivity contribution in [2.24, 2.45) is 0 Å². The summed E-state index contributed by atoms with van der Waals surface area (Å²) in [6, 6.07) is 9.44. The molecule has 2 rings (SSSR count). The molecule has 0 atom stereocenters. The molecule has 0 aliphatic rings. The Morgan fingerprint density at radius 2 is 1.81 bits per heavy atom. The molecule has 1 aromatic carbocycles. The van der Waals surface area contributed by atoms with E-state index >= 15 is 0 Å². The van der Waals surface area contributed by atoms with Crippen molar-refractivity contribution in [1.82, 2.24) is 9.47 Å². The van der Waals surface area contributed by atoms with Crippen molar-refractivity contribution >= 4 is 35.4 Å². The third-order valence-electron chi connectivity index (χ3n) is 3.97. The predicted molar refractivity (Wildman–Crippen MR) is 107 cm³/mol. The van der Waals surface area contributed by atoms with Crippen LogP contribution in [0.3, 0.4) is 0 Å². The molecule has 144 valence electrons. The summed E-state index contributed by atoms with van der Waals surface area (Å²) in [5.74, 6) is -0.696. The molecule has 0 bridgehead atoms. The van der Waals surface area contributed by atoms with Gasteiger partial charge in [-0.1, -0.05) is 30.3 Å². The molecule has 0 saturated carbocycles. The van der Waals surface area contributed by atoms with Crippen LogP contribution in [0.15, 0.2) is 35.1 Å². The third-order valence-corrected chi connectivity index (χ3v) is 5.03. The number of nitrogens with zero attached hydrogens (tertiary/aromatic N) is 2. The Labute approximate surface area is 162 Å². The van der Waals surface area contributed by atoms with Gasteiger partial charge in [-0.3, -0.25) is 14.2 Å². The normalized spacial score (nSPS) is 12.3. The minimum Gasteiger partial charge on any atom is -0.463 e. The Morgan fingerprint density at radius 3 is 2.41 bits per heavy atom. The van der Waals surface area contributed by atoms with Crippen LogP contribution in [-0.4, -0.2) is 41.0 Å². The van der Waals surface area contributed by atoms with Gasteiger partial charge in [0.1, 0.15) is 11.2 Å². The first-order chi connectivity index (χ1) is 13.0. The van der Waals surface area contributed by atoms with E-state index in [2.05, 4.69) is 0 Å². The van der Waals surface area contributed by atoms with Crippen LogP contribution in [0.1, 0.15) is 26.3 Å². The summed E-state index contributed by atoms with van der Waals surface area (Å²) in [5.41, 5.74) is 0.584. The summed E-state index contributed by atoms with van der Waals surface area (Å²) in [5, 5.41) is 0. The van der Waals surface area contributed by atoms with Crippen LogP contribution in [0.4, 0.5) is 0 Å². The highest BCUT2D eigenvalue weighted by Gasteiger charge is 2.14. The number of aromatic nitrogens is 1. The molecule has 0 N–H and O–H groups in total. The maximum atomic E-state index is 12.9. The standard InChI is InChI=1S/C20H24N2O4S/c1-4-21(5-2)17(23)14-22-18(13-19(24)26-6-3)27-16(20(22)25)12-15-10-8-7-9-11-15/h7-13H,4-6,14H2,1-3H3/b16-12-,18-13-. The molecule has 27 heavy (non-hydrogen) atoms. The molecule has 6 nitrogen and oxygen atoms in total. The summed E-state index contributed by atoms with van der Waals surface area (Å²) >= 11 is 1.17. The first kappa shape index (κ1) is 20.6. The quantitative estimate of drug-likeness (QED) is 0.663. The van der Waals surface area contributed by atoms with Gasteiger partial charge in [-0.25, -0.2) is 4.79 Å². The van der Waals surface area contributed by atoms with Crippen molar-refractivity contribution in [1.29, 1.82) is 0 Å². The van der Waals surface area contributed by atoms with E-state index in [-0.39, 0.29) is 24.6 Å². The van der Waals surface area contributed by atoms with Crippen molar-refractivity contribution in [2.45, 2.75) is 27.3 Å². The zero-order chi connectivity index (χ0) is 19.8. The zero-order valence-corrected chi connectivity index (χ0v) is 16.6. The summed E-state index contributed by atoms with van der Waals surface area (Å²) in [4.78, 5) is 38.9. The molecule has 2 aromatic rings. The van der Waals surface area contributed by atoms with Gasteiger partial charge in [0, 0.05) is 13.1 Å². The van der Waals surface area contributed by atoms with Crippen LogP contribution in [0, 0.1) is 0 Å². The first-order valence-electron chi connectivity index (χ1n) is 8.92. The van der Waals surface area contributed by atoms with E-state index in [0.717, 1.165) is 5.56 Å². The molecule has 0 radical (unpaired) electrons. The van der Waals surface area contributed by atoms with Gasteiger partial charge >= 0.3 is 5.97 Å². The van der Waals surface area contributed by atoms with Gasteiger partial charge in [-0.05, 0) is 32.4 Å². The van der Waals surface area contributed by atoms with Crippen LogP contribution in [0.25, 0.3) is 12.2 Å². The fraction of sp³-hybridized carbons (Fsp3) is 0.350. The molecule has 1 heterocycles. The Balaban J connectivity index is 2.56. The fourth-order valence-corrected chi connectivity index (χ4v) is 3.62. The number of amides is 1. The smallest absolute Gasteiger partial charge is 0.333 e. The van der Waals surface area contributed by atoms with Gasteiger partial charge in [-0.2, -0.15) is 0 Å². The highest BCUT2D eigenvalue weighted by molar-refractivity contribution is 7.07. The zero-order valence-electron chi connectivity index (χ0n) is 15.8. The molecule has 0 aliphatic carbocycles. The van der Waals surface area contributed by atoms with E-state index in [1.165, 1.54) is 22.0 Å². The van der Waals surface area contributed by atoms with Gasteiger partial charge in [0.05, 0.1) is 17.2 Å². The molecule has 1 aromatic heterocycles. The van der Waals surface area contributed by atoms with Gasteiger partial charge in [0.15, 0.2) is 0 Å².